The van der Waals surface area contributed by atoms with E-state index in [0.717, 1.165) is 11.3 Å². The minimum atomic E-state index is -0.314. The van der Waals surface area contributed by atoms with Crippen molar-refractivity contribution in [2.45, 2.75) is 32.9 Å². The van der Waals surface area contributed by atoms with E-state index in [1.54, 1.807) is 7.11 Å². The summed E-state index contributed by atoms with van der Waals surface area (Å²) in [6, 6.07) is 7.54. The summed E-state index contributed by atoms with van der Waals surface area (Å²) in [5, 5.41) is 3.30. The molecule has 2 unspecified atom stereocenters. The maximum atomic E-state index is 11.7. The summed E-state index contributed by atoms with van der Waals surface area (Å²) in [6.45, 7) is 6.01. The van der Waals surface area contributed by atoms with Gasteiger partial charge in [-0.2, -0.15) is 0 Å². The topological polar surface area (TPSA) is 47.6 Å². The van der Waals surface area contributed by atoms with Crippen molar-refractivity contribution < 1.29 is 14.3 Å². The minimum Gasteiger partial charge on any atom is -0.497 e. The third kappa shape index (κ3) is 4.24. The van der Waals surface area contributed by atoms with Crippen molar-refractivity contribution in [1.82, 2.24) is 5.32 Å². The number of carbonyl (C=O) groups is 1. The zero-order valence-electron chi connectivity index (χ0n) is 12.3. The molecule has 2 atom stereocenters. The van der Waals surface area contributed by atoms with Gasteiger partial charge in [0.25, 0.3) is 0 Å². The maximum Gasteiger partial charge on any atom is 0.323 e. The molecule has 1 N–H and O–H groups in total. The van der Waals surface area contributed by atoms with E-state index in [1.165, 1.54) is 7.11 Å². The van der Waals surface area contributed by atoms with Crippen molar-refractivity contribution in [3.8, 4) is 5.75 Å². The second kappa shape index (κ2) is 7.14. The number of carbonyl (C=O) groups excluding carboxylic acids is 1. The number of methoxy groups -OCH3 is 2. The summed E-state index contributed by atoms with van der Waals surface area (Å²) in [7, 11) is 3.05. The lowest BCUT2D eigenvalue weighted by Gasteiger charge is -2.24. The van der Waals surface area contributed by atoms with Crippen molar-refractivity contribution >= 4 is 5.97 Å². The van der Waals surface area contributed by atoms with Gasteiger partial charge in [0.15, 0.2) is 0 Å². The lowest BCUT2D eigenvalue weighted by atomic mass is 10.0. The first kappa shape index (κ1) is 15.5. The molecular formula is C15H23NO3. The second-order valence-corrected chi connectivity index (χ2v) is 4.91. The van der Waals surface area contributed by atoms with Crippen LogP contribution in [0.25, 0.3) is 0 Å². The normalized spacial score (nSPS) is 14.0. The Morgan fingerprint density at radius 2 is 1.89 bits per heavy atom. The Labute approximate surface area is 115 Å². The number of rotatable bonds is 6. The van der Waals surface area contributed by atoms with Crippen molar-refractivity contribution in [3.63, 3.8) is 0 Å². The summed E-state index contributed by atoms with van der Waals surface area (Å²) in [6.07, 6.45) is 0. The number of nitrogens with one attached hydrogen (secondary N) is 1. The van der Waals surface area contributed by atoms with E-state index >= 15 is 0 Å². The zero-order chi connectivity index (χ0) is 14.4. The van der Waals surface area contributed by atoms with E-state index in [1.807, 2.05) is 45.0 Å². The molecule has 0 aliphatic rings. The summed E-state index contributed by atoms with van der Waals surface area (Å²) >= 11 is 0. The highest BCUT2D eigenvalue weighted by Crippen LogP contribution is 2.20. The molecule has 0 saturated carbocycles. The van der Waals surface area contributed by atoms with E-state index in [0.29, 0.717) is 0 Å². The molecule has 0 aliphatic carbocycles. The van der Waals surface area contributed by atoms with E-state index in [9.17, 15) is 4.79 Å². The molecule has 0 fully saturated rings. The van der Waals surface area contributed by atoms with Crippen molar-refractivity contribution in [2.24, 2.45) is 5.92 Å². The van der Waals surface area contributed by atoms with E-state index < -0.39 is 0 Å². The quantitative estimate of drug-likeness (QED) is 0.803. The molecule has 0 amide bonds. The summed E-state index contributed by atoms with van der Waals surface area (Å²) in [5.74, 6) is 0.746. The van der Waals surface area contributed by atoms with Gasteiger partial charge in [0, 0.05) is 6.04 Å². The third-order valence-electron chi connectivity index (χ3n) is 3.15. The Hall–Kier alpha value is -1.55. The predicted octanol–water partition coefficient (Wildman–Crippen LogP) is 2.54. The summed E-state index contributed by atoms with van der Waals surface area (Å²) in [5.41, 5.74) is 1.08. The molecule has 1 rings (SSSR count). The lowest BCUT2D eigenvalue weighted by molar-refractivity contribution is -0.144. The predicted molar refractivity (Wildman–Crippen MR) is 75.2 cm³/mol. The molecule has 0 radical (unpaired) electrons. The van der Waals surface area contributed by atoms with E-state index in [-0.39, 0.29) is 24.0 Å². The maximum absolute atomic E-state index is 11.7. The van der Waals surface area contributed by atoms with E-state index in [2.05, 4.69) is 5.32 Å². The largest absolute Gasteiger partial charge is 0.497 e. The molecular weight excluding hydrogens is 242 g/mol. The molecule has 106 valence electrons. The first-order valence-electron chi connectivity index (χ1n) is 6.47. The minimum absolute atomic E-state index is 0.0431. The molecule has 19 heavy (non-hydrogen) atoms. The number of hydrogen-bond donors (Lipinski definition) is 1. The molecule has 0 aromatic heterocycles. The van der Waals surface area contributed by atoms with Gasteiger partial charge < -0.3 is 9.47 Å². The second-order valence-electron chi connectivity index (χ2n) is 4.91. The fourth-order valence-corrected chi connectivity index (χ4v) is 1.94. The van der Waals surface area contributed by atoms with Crippen molar-refractivity contribution in [2.75, 3.05) is 14.2 Å². The Kier molecular flexibility index (Phi) is 5.83. The van der Waals surface area contributed by atoms with Crippen molar-refractivity contribution in [3.05, 3.63) is 29.8 Å². The van der Waals surface area contributed by atoms with Crippen LogP contribution in [0.1, 0.15) is 32.4 Å². The van der Waals surface area contributed by atoms with Crippen LogP contribution in [-0.2, 0) is 9.53 Å². The Morgan fingerprint density at radius 1 is 1.21 bits per heavy atom. The summed E-state index contributed by atoms with van der Waals surface area (Å²) in [4.78, 5) is 11.7. The lowest BCUT2D eigenvalue weighted by Crippen LogP contribution is -2.42. The fourth-order valence-electron chi connectivity index (χ4n) is 1.94. The van der Waals surface area contributed by atoms with Gasteiger partial charge in [-0.25, -0.2) is 0 Å². The highest BCUT2D eigenvalue weighted by atomic mass is 16.5. The van der Waals surface area contributed by atoms with Gasteiger partial charge in [0.2, 0.25) is 0 Å². The van der Waals surface area contributed by atoms with Crippen LogP contribution in [0.4, 0.5) is 0 Å². The van der Waals surface area contributed by atoms with Gasteiger partial charge in [-0.1, -0.05) is 26.0 Å². The molecule has 4 nitrogen and oxygen atoms in total. The van der Waals surface area contributed by atoms with Crippen molar-refractivity contribution in [1.29, 1.82) is 0 Å². The number of esters is 1. The highest BCUT2D eigenvalue weighted by Gasteiger charge is 2.24. The van der Waals surface area contributed by atoms with Gasteiger partial charge in [0.1, 0.15) is 11.8 Å². The van der Waals surface area contributed by atoms with Gasteiger partial charge in [-0.3, -0.25) is 10.1 Å². The van der Waals surface area contributed by atoms with Crippen LogP contribution in [0, 0.1) is 5.92 Å². The van der Waals surface area contributed by atoms with Crippen LogP contribution < -0.4 is 10.1 Å². The Balaban J connectivity index is 2.81. The van der Waals surface area contributed by atoms with Gasteiger partial charge in [-0.05, 0) is 30.5 Å². The number of ether oxygens (including phenoxy) is 2. The Morgan fingerprint density at radius 3 is 2.42 bits per heavy atom. The standard InChI is InChI=1S/C15H23NO3/c1-10(2)14(15(17)19-5)16-11(3)12-7-6-8-13(9-12)18-4/h6-11,14,16H,1-5H3. The molecule has 0 spiro atoms. The average molecular weight is 265 g/mol. The van der Waals surface area contributed by atoms with Crippen LogP contribution in [-0.4, -0.2) is 26.2 Å². The van der Waals surface area contributed by atoms with Crippen LogP contribution in [0.15, 0.2) is 24.3 Å². The molecule has 0 bridgehead atoms. The first-order valence-corrected chi connectivity index (χ1v) is 6.47. The van der Waals surface area contributed by atoms with Gasteiger partial charge >= 0.3 is 5.97 Å². The first-order chi connectivity index (χ1) is 8.99. The van der Waals surface area contributed by atoms with Crippen LogP contribution in [0.3, 0.4) is 0 Å². The number of benzene rings is 1. The monoisotopic (exact) mass is 265 g/mol. The average Bonchev–Trinajstić information content (AvgIpc) is 2.43. The third-order valence-corrected chi connectivity index (χ3v) is 3.15. The molecule has 0 aliphatic heterocycles. The van der Waals surface area contributed by atoms with Crippen LogP contribution in [0.2, 0.25) is 0 Å². The fraction of sp³-hybridized carbons (Fsp3) is 0.533. The molecule has 4 heteroatoms. The van der Waals surface area contributed by atoms with Gasteiger partial charge in [0.05, 0.1) is 14.2 Å². The highest BCUT2D eigenvalue weighted by molar-refractivity contribution is 5.76. The molecule has 1 aromatic rings. The SMILES string of the molecule is COC(=O)C(NC(C)c1cccc(OC)c1)C(C)C. The van der Waals surface area contributed by atoms with E-state index in [4.69, 9.17) is 9.47 Å². The van der Waals surface area contributed by atoms with Crippen LogP contribution >= 0.6 is 0 Å². The van der Waals surface area contributed by atoms with Gasteiger partial charge in [-0.15, -0.1) is 0 Å². The summed E-state index contributed by atoms with van der Waals surface area (Å²) < 4.78 is 10.0. The molecule has 0 saturated heterocycles. The number of hydrogen-bond acceptors (Lipinski definition) is 4. The molecule has 1 aromatic carbocycles. The Bertz CT molecular complexity index is 418. The molecule has 0 heterocycles. The zero-order valence-corrected chi connectivity index (χ0v) is 12.3. The smallest absolute Gasteiger partial charge is 0.323 e. The van der Waals surface area contributed by atoms with Crippen LogP contribution in [0.5, 0.6) is 5.75 Å².